The lowest BCUT2D eigenvalue weighted by molar-refractivity contribution is -0.131. The zero-order valence-corrected chi connectivity index (χ0v) is 20.3. The first-order chi connectivity index (χ1) is 16.7. The highest BCUT2D eigenvalue weighted by molar-refractivity contribution is 5.94. The molecular formula is C26H31N5O4. The molecule has 0 bridgehead atoms. The lowest BCUT2D eigenvalue weighted by atomic mass is 10.0. The molecule has 1 aromatic heterocycles. The first-order valence-corrected chi connectivity index (χ1v) is 11.7. The van der Waals surface area contributed by atoms with Crippen molar-refractivity contribution in [2.75, 3.05) is 40.8 Å². The quantitative estimate of drug-likeness (QED) is 0.533. The van der Waals surface area contributed by atoms with Gasteiger partial charge in [0.1, 0.15) is 0 Å². The molecule has 0 spiro atoms. The van der Waals surface area contributed by atoms with Crippen LogP contribution in [0.15, 0.2) is 53.5 Å². The molecule has 0 unspecified atom stereocenters. The van der Waals surface area contributed by atoms with Crippen LogP contribution in [0.1, 0.15) is 33.9 Å². The van der Waals surface area contributed by atoms with Crippen LogP contribution in [0.4, 0.5) is 0 Å². The van der Waals surface area contributed by atoms with Crippen LogP contribution in [0.3, 0.4) is 0 Å². The third-order valence-corrected chi connectivity index (χ3v) is 6.46. The van der Waals surface area contributed by atoms with Gasteiger partial charge in [-0.25, -0.2) is 4.98 Å². The van der Waals surface area contributed by atoms with E-state index in [4.69, 9.17) is 0 Å². The molecule has 2 heterocycles. The summed E-state index contributed by atoms with van der Waals surface area (Å²) in [4.78, 5) is 49.8. The molecular weight excluding hydrogens is 446 g/mol. The zero-order valence-electron chi connectivity index (χ0n) is 20.3. The molecule has 1 saturated heterocycles. The van der Waals surface area contributed by atoms with Crippen LogP contribution in [0.2, 0.25) is 0 Å². The number of hydrogen-bond acceptors (Lipinski definition) is 6. The Balaban J connectivity index is 1.60. The fourth-order valence-electron chi connectivity index (χ4n) is 4.48. The second-order valence-electron chi connectivity index (χ2n) is 9.32. The number of β-amino-alcohol motifs (C(OH)–C–C–N with tert-alkyl or cyclic N) is 1. The maximum atomic E-state index is 13.4. The van der Waals surface area contributed by atoms with E-state index in [0.29, 0.717) is 36.1 Å². The number of benzene rings is 2. The number of likely N-dealkylation sites (tertiary alicyclic amines) is 1. The summed E-state index contributed by atoms with van der Waals surface area (Å²) in [5, 5.41) is 10.0. The SMILES string of the molecule is CN(C)C(=O)c1cccc([C@@H](CN2CC[C@H](O)C2)N(C)C(=O)Cc2ccc3ncc(=O)[nH]c3c2)c1. The molecule has 1 aliphatic rings. The topological polar surface area (TPSA) is 110 Å². The van der Waals surface area contributed by atoms with Crippen molar-refractivity contribution in [1.29, 1.82) is 0 Å². The highest BCUT2D eigenvalue weighted by Gasteiger charge is 2.28. The van der Waals surface area contributed by atoms with Gasteiger partial charge in [0.25, 0.3) is 11.5 Å². The number of fused-ring (bicyclic) bond motifs is 1. The molecule has 1 fully saturated rings. The van der Waals surface area contributed by atoms with Crippen molar-refractivity contribution < 1.29 is 14.7 Å². The van der Waals surface area contributed by atoms with E-state index in [1.165, 1.54) is 11.1 Å². The number of carbonyl (C=O) groups is 2. The minimum Gasteiger partial charge on any atom is -0.392 e. The predicted molar refractivity (Wildman–Crippen MR) is 133 cm³/mol. The minimum atomic E-state index is -0.369. The van der Waals surface area contributed by atoms with E-state index in [0.717, 1.165) is 17.7 Å². The Bertz CT molecular complexity index is 1290. The van der Waals surface area contributed by atoms with Gasteiger partial charge in [-0.2, -0.15) is 0 Å². The number of nitrogens with one attached hydrogen (secondary N) is 1. The molecule has 0 saturated carbocycles. The molecule has 4 rings (SSSR count). The Morgan fingerprint density at radius 1 is 1.20 bits per heavy atom. The standard InChI is InChI=1S/C26H31N5O4/c1-29(2)26(35)19-6-4-5-18(13-19)23(16-31-10-9-20(32)15-31)30(3)25(34)12-17-7-8-21-22(11-17)28-24(33)14-27-21/h4-8,11,13-14,20,23,32H,9-10,12,15-16H2,1-3H3,(H,28,33)/t20-,23+/m0/s1. The van der Waals surface area contributed by atoms with Crippen LogP contribution in [0.5, 0.6) is 0 Å². The molecule has 0 radical (unpaired) electrons. The summed E-state index contributed by atoms with van der Waals surface area (Å²) >= 11 is 0. The lowest BCUT2D eigenvalue weighted by Gasteiger charge is -2.32. The molecule has 2 N–H and O–H groups in total. The smallest absolute Gasteiger partial charge is 0.266 e. The van der Waals surface area contributed by atoms with Gasteiger partial charge in [0.2, 0.25) is 5.91 Å². The molecule has 0 aliphatic carbocycles. The normalized spacial score (nSPS) is 16.9. The van der Waals surface area contributed by atoms with Crippen LogP contribution in [-0.4, -0.2) is 88.5 Å². The second kappa shape index (κ2) is 10.4. The number of aliphatic hydroxyl groups excluding tert-OH is 1. The highest BCUT2D eigenvalue weighted by atomic mass is 16.3. The van der Waals surface area contributed by atoms with Gasteiger partial charge in [0.15, 0.2) is 0 Å². The van der Waals surface area contributed by atoms with Crippen LogP contribution in [-0.2, 0) is 11.2 Å². The number of aromatic amines is 1. The Hall–Kier alpha value is -3.56. The highest BCUT2D eigenvalue weighted by Crippen LogP contribution is 2.25. The van der Waals surface area contributed by atoms with Gasteiger partial charge in [-0.3, -0.25) is 19.3 Å². The van der Waals surface area contributed by atoms with Gasteiger partial charge >= 0.3 is 0 Å². The molecule has 2 amide bonds. The molecule has 35 heavy (non-hydrogen) atoms. The van der Waals surface area contributed by atoms with Gasteiger partial charge in [-0.15, -0.1) is 0 Å². The number of aliphatic hydroxyl groups is 1. The fraction of sp³-hybridized carbons (Fsp3) is 0.385. The van der Waals surface area contributed by atoms with E-state index < -0.39 is 0 Å². The number of likely N-dealkylation sites (N-methyl/N-ethyl adjacent to an activating group) is 1. The van der Waals surface area contributed by atoms with Crippen molar-refractivity contribution >= 4 is 22.8 Å². The summed E-state index contributed by atoms with van der Waals surface area (Å²) in [7, 11) is 5.19. The van der Waals surface area contributed by atoms with Gasteiger partial charge in [0.05, 0.1) is 35.8 Å². The largest absolute Gasteiger partial charge is 0.392 e. The van der Waals surface area contributed by atoms with E-state index in [1.807, 2.05) is 24.3 Å². The minimum absolute atomic E-state index is 0.0929. The maximum Gasteiger partial charge on any atom is 0.266 e. The number of carbonyl (C=O) groups excluding carboxylic acids is 2. The summed E-state index contributed by atoms with van der Waals surface area (Å²) in [5.41, 5.74) is 3.14. The van der Waals surface area contributed by atoms with Gasteiger partial charge in [-0.1, -0.05) is 18.2 Å². The number of rotatable bonds is 7. The fourth-order valence-corrected chi connectivity index (χ4v) is 4.48. The predicted octanol–water partition coefficient (Wildman–Crippen LogP) is 1.43. The van der Waals surface area contributed by atoms with Crippen molar-refractivity contribution in [3.05, 3.63) is 75.7 Å². The van der Waals surface area contributed by atoms with Gasteiger partial charge in [-0.05, 0) is 41.8 Å². The maximum absolute atomic E-state index is 13.4. The third-order valence-electron chi connectivity index (χ3n) is 6.46. The molecule has 2 aromatic carbocycles. The number of H-pyrrole nitrogens is 1. The molecule has 3 aromatic rings. The number of nitrogens with zero attached hydrogens (tertiary/aromatic N) is 4. The Labute approximate surface area is 204 Å². The summed E-state index contributed by atoms with van der Waals surface area (Å²) in [6, 6.07) is 12.5. The molecule has 1 aliphatic heterocycles. The third kappa shape index (κ3) is 5.75. The van der Waals surface area contributed by atoms with E-state index >= 15 is 0 Å². The number of aromatic nitrogens is 2. The molecule has 9 nitrogen and oxygen atoms in total. The number of hydrogen-bond donors (Lipinski definition) is 2. The molecule has 2 atom stereocenters. The van der Waals surface area contributed by atoms with Crippen molar-refractivity contribution in [1.82, 2.24) is 24.7 Å². The van der Waals surface area contributed by atoms with Crippen molar-refractivity contribution in [3.63, 3.8) is 0 Å². The van der Waals surface area contributed by atoms with Crippen molar-refractivity contribution in [2.24, 2.45) is 0 Å². The van der Waals surface area contributed by atoms with E-state index in [2.05, 4.69) is 14.9 Å². The van der Waals surface area contributed by atoms with Crippen molar-refractivity contribution in [2.45, 2.75) is 25.0 Å². The first kappa shape index (κ1) is 24.6. The average molecular weight is 478 g/mol. The van der Waals surface area contributed by atoms with Crippen molar-refractivity contribution in [3.8, 4) is 0 Å². The van der Waals surface area contributed by atoms with E-state index in [-0.39, 0.29) is 35.9 Å². The summed E-state index contributed by atoms with van der Waals surface area (Å²) in [6.07, 6.45) is 1.72. The van der Waals surface area contributed by atoms with E-state index in [1.54, 1.807) is 44.2 Å². The Morgan fingerprint density at radius 3 is 2.71 bits per heavy atom. The first-order valence-electron chi connectivity index (χ1n) is 11.7. The second-order valence-corrected chi connectivity index (χ2v) is 9.32. The van der Waals surface area contributed by atoms with Crippen LogP contribution < -0.4 is 5.56 Å². The summed E-state index contributed by atoms with van der Waals surface area (Å²) in [5.74, 6) is -0.195. The van der Waals surface area contributed by atoms with Gasteiger partial charge in [0, 0.05) is 46.3 Å². The van der Waals surface area contributed by atoms with E-state index in [9.17, 15) is 19.5 Å². The Morgan fingerprint density at radius 2 is 2.00 bits per heavy atom. The lowest BCUT2D eigenvalue weighted by Crippen LogP contribution is -2.39. The van der Waals surface area contributed by atoms with Crippen LogP contribution in [0, 0.1) is 0 Å². The Kier molecular flexibility index (Phi) is 7.28. The molecule has 184 valence electrons. The van der Waals surface area contributed by atoms with Crippen LogP contribution >= 0.6 is 0 Å². The van der Waals surface area contributed by atoms with Crippen LogP contribution in [0.25, 0.3) is 11.0 Å². The monoisotopic (exact) mass is 477 g/mol. The van der Waals surface area contributed by atoms with Gasteiger partial charge < -0.3 is 19.9 Å². The summed E-state index contributed by atoms with van der Waals surface area (Å²) in [6.45, 7) is 1.86. The average Bonchev–Trinajstić information content (AvgIpc) is 3.26. The zero-order chi connectivity index (χ0) is 25.1. The summed E-state index contributed by atoms with van der Waals surface area (Å²) < 4.78 is 0. The molecule has 9 heteroatoms. The number of amides is 2.